The van der Waals surface area contributed by atoms with Crippen LogP contribution < -0.4 is 0 Å². The molecule has 1 unspecified atom stereocenters. The lowest BCUT2D eigenvalue weighted by Crippen LogP contribution is -2.48. The maximum Gasteiger partial charge on any atom is 0.282 e. The van der Waals surface area contributed by atoms with Crippen LogP contribution in [0.1, 0.15) is 19.8 Å². The van der Waals surface area contributed by atoms with Crippen LogP contribution in [0.5, 0.6) is 0 Å². The Morgan fingerprint density at radius 1 is 1.33 bits per heavy atom. The number of carbonyl (C=O) groups excluding carboxylic acids is 1. The first-order valence-electron chi connectivity index (χ1n) is 6.16. The van der Waals surface area contributed by atoms with Crippen LogP contribution in [0.2, 0.25) is 0 Å². The van der Waals surface area contributed by atoms with E-state index in [0.29, 0.717) is 19.0 Å². The van der Waals surface area contributed by atoms with Gasteiger partial charge in [0.1, 0.15) is 0 Å². The van der Waals surface area contributed by atoms with E-state index in [2.05, 4.69) is 0 Å². The summed E-state index contributed by atoms with van der Waals surface area (Å²) in [5, 5.41) is 0. The lowest BCUT2D eigenvalue weighted by Gasteiger charge is -2.33. The molecular formula is C11H23N3O3S. The molecular weight excluding hydrogens is 254 g/mol. The van der Waals surface area contributed by atoms with Crippen LogP contribution in [0.3, 0.4) is 0 Å². The van der Waals surface area contributed by atoms with Gasteiger partial charge in [0.05, 0.1) is 6.54 Å². The number of piperidine rings is 1. The summed E-state index contributed by atoms with van der Waals surface area (Å²) in [5.41, 5.74) is 0. The van der Waals surface area contributed by atoms with Crippen molar-refractivity contribution in [3.8, 4) is 0 Å². The van der Waals surface area contributed by atoms with Gasteiger partial charge in [0.25, 0.3) is 10.2 Å². The van der Waals surface area contributed by atoms with Crippen molar-refractivity contribution in [1.82, 2.24) is 13.5 Å². The number of amides is 1. The van der Waals surface area contributed by atoms with E-state index in [0.717, 1.165) is 17.1 Å². The minimum Gasteiger partial charge on any atom is -0.348 e. The van der Waals surface area contributed by atoms with Crippen LogP contribution in [0.25, 0.3) is 0 Å². The molecule has 0 aromatic heterocycles. The van der Waals surface area contributed by atoms with E-state index in [1.165, 1.54) is 16.3 Å². The normalized spacial score (nSPS) is 22.2. The lowest BCUT2D eigenvalue weighted by atomic mass is 10.0. The standard InChI is InChI=1S/C11H23N3O3S/c1-10-6-5-7-14(8-10)18(16,17)13(4)9-11(15)12(2)3/h10H,5-9H2,1-4H3. The molecule has 1 saturated heterocycles. The minimum atomic E-state index is -3.50. The van der Waals surface area contributed by atoms with Crippen molar-refractivity contribution in [3.05, 3.63) is 0 Å². The molecule has 0 aliphatic carbocycles. The Kier molecular flexibility index (Phi) is 5.12. The number of hydrogen-bond donors (Lipinski definition) is 0. The molecule has 18 heavy (non-hydrogen) atoms. The van der Waals surface area contributed by atoms with Crippen molar-refractivity contribution < 1.29 is 13.2 Å². The van der Waals surface area contributed by atoms with Crippen molar-refractivity contribution in [2.24, 2.45) is 5.92 Å². The zero-order chi connectivity index (χ0) is 13.9. The molecule has 1 amide bonds. The van der Waals surface area contributed by atoms with Crippen molar-refractivity contribution in [1.29, 1.82) is 0 Å². The van der Waals surface area contributed by atoms with Crippen molar-refractivity contribution in [3.63, 3.8) is 0 Å². The van der Waals surface area contributed by atoms with Crippen molar-refractivity contribution in [2.45, 2.75) is 19.8 Å². The highest BCUT2D eigenvalue weighted by Gasteiger charge is 2.31. The molecule has 1 heterocycles. The molecule has 6 nitrogen and oxygen atoms in total. The molecule has 0 radical (unpaired) electrons. The quantitative estimate of drug-likeness (QED) is 0.726. The van der Waals surface area contributed by atoms with Gasteiger partial charge < -0.3 is 4.90 Å². The fourth-order valence-corrected chi connectivity index (χ4v) is 3.44. The Labute approximate surface area is 110 Å². The van der Waals surface area contributed by atoms with Gasteiger partial charge in [0.2, 0.25) is 5.91 Å². The Morgan fingerprint density at radius 2 is 1.94 bits per heavy atom. The van der Waals surface area contributed by atoms with E-state index in [4.69, 9.17) is 0 Å². The van der Waals surface area contributed by atoms with E-state index in [-0.39, 0.29) is 12.5 Å². The highest BCUT2D eigenvalue weighted by molar-refractivity contribution is 7.86. The van der Waals surface area contributed by atoms with Crippen LogP contribution in [-0.4, -0.2) is 68.6 Å². The maximum atomic E-state index is 12.3. The minimum absolute atomic E-state index is 0.111. The van der Waals surface area contributed by atoms with Crippen LogP contribution in [0, 0.1) is 5.92 Å². The summed E-state index contributed by atoms with van der Waals surface area (Å²) in [6.07, 6.45) is 1.95. The van der Waals surface area contributed by atoms with E-state index in [9.17, 15) is 13.2 Å². The Balaban J connectivity index is 2.70. The molecule has 0 N–H and O–H groups in total. The highest BCUT2D eigenvalue weighted by Crippen LogP contribution is 2.19. The van der Waals surface area contributed by atoms with E-state index in [1.54, 1.807) is 14.1 Å². The molecule has 1 aliphatic heterocycles. The van der Waals surface area contributed by atoms with Gasteiger partial charge in [0.15, 0.2) is 0 Å². The molecule has 1 aliphatic rings. The molecule has 0 spiro atoms. The van der Waals surface area contributed by atoms with Gasteiger partial charge in [0, 0.05) is 34.2 Å². The number of carbonyl (C=O) groups is 1. The highest BCUT2D eigenvalue weighted by atomic mass is 32.2. The van der Waals surface area contributed by atoms with E-state index in [1.807, 2.05) is 6.92 Å². The van der Waals surface area contributed by atoms with E-state index >= 15 is 0 Å². The second-order valence-electron chi connectivity index (χ2n) is 5.16. The summed E-state index contributed by atoms with van der Waals surface area (Å²) in [4.78, 5) is 12.9. The second kappa shape index (κ2) is 5.99. The van der Waals surface area contributed by atoms with E-state index < -0.39 is 10.2 Å². The Hall–Kier alpha value is -0.660. The SMILES string of the molecule is CC1CCCN(S(=O)(=O)N(C)CC(=O)N(C)C)C1. The fraction of sp³-hybridized carbons (Fsp3) is 0.909. The van der Waals surface area contributed by atoms with Crippen LogP contribution >= 0.6 is 0 Å². The first kappa shape index (κ1) is 15.4. The third-order valence-corrected chi connectivity index (χ3v) is 5.10. The summed E-state index contributed by atoms with van der Waals surface area (Å²) in [7, 11) is 1.18. The number of nitrogens with zero attached hydrogens (tertiary/aromatic N) is 3. The van der Waals surface area contributed by atoms with Gasteiger partial charge >= 0.3 is 0 Å². The van der Waals surface area contributed by atoms with Crippen molar-refractivity contribution in [2.75, 3.05) is 40.8 Å². The van der Waals surface area contributed by atoms with Crippen LogP contribution in [0.15, 0.2) is 0 Å². The maximum absolute atomic E-state index is 12.3. The zero-order valence-electron chi connectivity index (χ0n) is 11.6. The Bertz CT molecular complexity index is 394. The van der Waals surface area contributed by atoms with Crippen LogP contribution in [0.4, 0.5) is 0 Å². The summed E-state index contributed by atoms with van der Waals surface area (Å²) in [6, 6.07) is 0. The molecule has 0 aromatic carbocycles. The number of likely N-dealkylation sites (N-methyl/N-ethyl adjacent to an activating group) is 2. The predicted octanol–water partition coefficient (Wildman–Crippen LogP) is -0.0169. The summed E-state index contributed by atoms with van der Waals surface area (Å²) in [6.45, 7) is 3.03. The number of rotatable bonds is 4. The topological polar surface area (TPSA) is 60.9 Å². The van der Waals surface area contributed by atoms with Gasteiger partial charge in [-0.2, -0.15) is 17.0 Å². The second-order valence-corrected chi connectivity index (χ2v) is 7.19. The molecule has 0 saturated carbocycles. The lowest BCUT2D eigenvalue weighted by molar-refractivity contribution is -0.128. The predicted molar refractivity (Wildman–Crippen MR) is 70.2 cm³/mol. The third kappa shape index (κ3) is 3.66. The Morgan fingerprint density at radius 3 is 2.44 bits per heavy atom. The summed E-state index contributed by atoms with van der Waals surface area (Å²) < 4.78 is 27.1. The molecule has 7 heteroatoms. The van der Waals surface area contributed by atoms with Crippen LogP contribution in [-0.2, 0) is 15.0 Å². The average molecular weight is 277 g/mol. The van der Waals surface area contributed by atoms with Gasteiger partial charge in [-0.25, -0.2) is 0 Å². The first-order valence-corrected chi connectivity index (χ1v) is 7.56. The van der Waals surface area contributed by atoms with Gasteiger partial charge in [-0.05, 0) is 18.8 Å². The number of hydrogen-bond acceptors (Lipinski definition) is 3. The molecule has 1 fully saturated rings. The van der Waals surface area contributed by atoms with Crippen molar-refractivity contribution >= 4 is 16.1 Å². The molecule has 0 aromatic rings. The smallest absolute Gasteiger partial charge is 0.282 e. The first-order chi connectivity index (χ1) is 8.25. The van der Waals surface area contributed by atoms with Gasteiger partial charge in [-0.1, -0.05) is 6.92 Å². The molecule has 1 rings (SSSR count). The third-order valence-electron chi connectivity index (χ3n) is 3.20. The van der Waals surface area contributed by atoms with Gasteiger partial charge in [-0.3, -0.25) is 4.79 Å². The monoisotopic (exact) mass is 277 g/mol. The fourth-order valence-electron chi connectivity index (χ4n) is 1.97. The summed E-state index contributed by atoms with van der Waals surface area (Å²) in [5.74, 6) is 0.164. The average Bonchev–Trinajstić information content (AvgIpc) is 2.28. The summed E-state index contributed by atoms with van der Waals surface area (Å²) >= 11 is 0. The zero-order valence-corrected chi connectivity index (χ0v) is 12.4. The largest absolute Gasteiger partial charge is 0.348 e. The van der Waals surface area contributed by atoms with Gasteiger partial charge in [-0.15, -0.1) is 0 Å². The molecule has 0 bridgehead atoms. The molecule has 106 valence electrons. The molecule has 1 atom stereocenters.